The van der Waals surface area contributed by atoms with Gasteiger partial charge in [0.2, 0.25) is 0 Å². The molecule has 1 fully saturated rings. The summed E-state index contributed by atoms with van der Waals surface area (Å²) in [4.78, 5) is 0. The zero-order chi connectivity index (χ0) is 11.4. The van der Waals surface area contributed by atoms with Crippen LogP contribution in [0.1, 0.15) is 50.8 Å². The maximum Gasteiger partial charge on any atom is 0.0628 e. The van der Waals surface area contributed by atoms with E-state index >= 15 is 0 Å². The lowest BCUT2D eigenvalue weighted by atomic mass is 10.0. The summed E-state index contributed by atoms with van der Waals surface area (Å²) in [6, 6.07) is 2.74. The second kappa shape index (κ2) is 5.48. The summed E-state index contributed by atoms with van der Waals surface area (Å²) in [5.41, 5.74) is 1.13. The first-order valence-electron chi connectivity index (χ1n) is 6.48. The highest BCUT2D eigenvalue weighted by Crippen LogP contribution is 2.28. The maximum absolute atomic E-state index is 9.17. The number of aromatic nitrogens is 2. The van der Waals surface area contributed by atoms with E-state index in [-0.39, 0.29) is 6.61 Å². The molecular formula is C13H22N2O. The fraction of sp³-hybridized carbons (Fsp3) is 0.769. The molecule has 1 heterocycles. The lowest BCUT2D eigenvalue weighted by Crippen LogP contribution is -2.10. The normalized spacial score (nSPS) is 19.1. The fourth-order valence-corrected chi connectivity index (χ4v) is 2.49. The van der Waals surface area contributed by atoms with Gasteiger partial charge in [-0.3, -0.25) is 4.68 Å². The van der Waals surface area contributed by atoms with Gasteiger partial charge in [0.25, 0.3) is 0 Å². The molecular weight excluding hydrogens is 200 g/mol. The molecule has 1 aliphatic carbocycles. The Morgan fingerprint density at radius 1 is 1.50 bits per heavy atom. The van der Waals surface area contributed by atoms with Gasteiger partial charge in [-0.15, -0.1) is 0 Å². The molecule has 0 spiro atoms. The number of nitrogens with zero attached hydrogens (tertiary/aromatic N) is 2. The molecule has 1 aromatic heterocycles. The van der Waals surface area contributed by atoms with Crippen LogP contribution in [0.15, 0.2) is 12.3 Å². The molecule has 1 saturated carbocycles. The minimum absolute atomic E-state index is 0.271. The molecule has 1 unspecified atom stereocenters. The van der Waals surface area contributed by atoms with Crippen LogP contribution in [0.4, 0.5) is 0 Å². The Morgan fingerprint density at radius 3 is 2.88 bits per heavy atom. The Kier molecular flexibility index (Phi) is 3.99. The van der Waals surface area contributed by atoms with Gasteiger partial charge in [-0.2, -0.15) is 5.10 Å². The summed E-state index contributed by atoms with van der Waals surface area (Å²) in [5.74, 6) is 0.368. The van der Waals surface area contributed by atoms with Crippen molar-refractivity contribution < 1.29 is 5.11 Å². The third-order valence-electron chi connectivity index (χ3n) is 3.70. The fourth-order valence-electron chi connectivity index (χ4n) is 2.49. The lowest BCUT2D eigenvalue weighted by molar-refractivity contribution is 0.221. The molecule has 0 aliphatic heterocycles. The van der Waals surface area contributed by atoms with Gasteiger partial charge in [-0.25, -0.2) is 0 Å². The predicted molar refractivity (Wildman–Crippen MR) is 64.3 cm³/mol. The second-order valence-corrected chi connectivity index (χ2v) is 4.89. The minimum Gasteiger partial charge on any atom is -0.396 e. The highest BCUT2D eigenvalue weighted by Gasteiger charge is 2.18. The van der Waals surface area contributed by atoms with E-state index in [0.717, 1.165) is 18.5 Å². The summed E-state index contributed by atoms with van der Waals surface area (Å²) < 4.78 is 2.13. The van der Waals surface area contributed by atoms with Crippen LogP contribution in [0.25, 0.3) is 0 Å². The molecule has 0 aromatic carbocycles. The Bertz CT molecular complexity index is 311. The van der Waals surface area contributed by atoms with Gasteiger partial charge in [0.1, 0.15) is 0 Å². The van der Waals surface area contributed by atoms with Gasteiger partial charge < -0.3 is 5.11 Å². The van der Waals surface area contributed by atoms with E-state index in [0.29, 0.717) is 12.0 Å². The van der Waals surface area contributed by atoms with Gasteiger partial charge in [0.15, 0.2) is 0 Å². The first kappa shape index (κ1) is 11.6. The van der Waals surface area contributed by atoms with Crippen LogP contribution >= 0.6 is 0 Å². The van der Waals surface area contributed by atoms with E-state index in [9.17, 15) is 5.11 Å². The van der Waals surface area contributed by atoms with Gasteiger partial charge in [0.05, 0.1) is 11.7 Å². The van der Waals surface area contributed by atoms with Crippen molar-refractivity contribution in [2.45, 2.75) is 51.5 Å². The highest BCUT2D eigenvalue weighted by atomic mass is 16.3. The summed E-state index contributed by atoms with van der Waals surface area (Å²) >= 11 is 0. The molecule has 0 radical (unpaired) electrons. The average Bonchev–Trinajstić information content (AvgIpc) is 2.96. The molecule has 16 heavy (non-hydrogen) atoms. The van der Waals surface area contributed by atoms with Crippen LogP contribution in [0.2, 0.25) is 0 Å². The highest BCUT2D eigenvalue weighted by molar-refractivity contribution is 5.01. The molecule has 1 N–H and O–H groups in total. The maximum atomic E-state index is 9.17. The van der Waals surface area contributed by atoms with Crippen LogP contribution in [0.3, 0.4) is 0 Å². The van der Waals surface area contributed by atoms with E-state index < -0.39 is 0 Å². The quantitative estimate of drug-likeness (QED) is 0.831. The molecule has 0 saturated heterocycles. The van der Waals surface area contributed by atoms with Crippen molar-refractivity contribution in [3.63, 3.8) is 0 Å². The van der Waals surface area contributed by atoms with E-state index in [1.165, 1.54) is 25.7 Å². The van der Waals surface area contributed by atoms with Gasteiger partial charge in [-0.1, -0.05) is 26.2 Å². The molecule has 3 heteroatoms. The SMILES string of the molecule is CCC(CO)Cc1ccn(C2CCCC2)n1. The smallest absolute Gasteiger partial charge is 0.0628 e. The van der Waals surface area contributed by atoms with Crippen LogP contribution in [-0.2, 0) is 6.42 Å². The van der Waals surface area contributed by atoms with Gasteiger partial charge in [0, 0.05) is 12.8 Å². The van der Waals surface area contributed by atoms with Crippen molar-refractivity contribution in [1.82, 2.24) is 9.78 Å². The standard InChI is InChI=1S/C13H22N2O/c1-2-11(10-16)9-12-7-8-15(14-12)13-5-3-4-6-13/h7-8,11,13,16H,2-6,9-10H2,1H3. The first-order valence-corrected chi connectivity index (χ1v) is 6.48. The van der Waals surface area contributed by atoms with Crippen molar-refractivity contribution >= 4 is 0 Å². The number of rotatable bonds is 5. The average molecular weight is 222 g/mol. The molecule has 0 amide bonds. The topological polar surface area (TPSA) is 38.0 Å². The molecule has 2 rings (SSSR count). The van der Waals surface area contributed by atoms with Crippen molar-refractivity contribution in [2.75, 3.05) is 6.61 Å². The number of aliphatic hydroxyl groups is 1. The number of hydrogen-bond acceptors (Lipinski definition) is 2. The number of hydrogen-bond donors (Lipinski definition) is 1. The van der Waals surface area contributed by atoms with Crippen molar-refractivity contribution in [1.29, 1.82) is 0 Å². The molecule has 1 aromatic rings. The third kappa shape index (κ3) is 2.64. The monoisotopic (exact) mass is 222 g/mol. The Hall–Kier alpha value is -0.830. The molecule has 3 nitrogen and oxygen atoms in total. The zero-order valence-corrected chi connectivity index (χ0v) is 10.1. The Morgan fingerprint density at radius 2 is 2.25 bits per heavy atom. The van der Waals surface area contributed by atoms with Crippen LogP contribution in [-0.4, -0.2) is 21.5 Å². The van der Waals surface area contributed by atoms with Crippen LogP contribution in [0, 0.1) is 5.92 Å². The molecule has 90 valence electrons. The van der Waals surface area contributed by atoms with E-state index in [4.69, 9.17) is 0 Å². The molecule has 0 bridgehead atoms. The third-order valence-corrected chi connectivity index (χ3v) is 3.70. The van der Waals surface area contributed by atoms with Gasteiger partial charge >= 0.3 is 0 Å². The summed E-state index contributed by atoms with van der Waals surface area (Å²) in [6.45, 7) is 2.39. The Labute approximate surface area is 97.5 Å². The zero-order valence-electron chi connectivity index (χ0n) is 10.1. The summed E-state index contributed by atoms with van der Waals surface area (Å²) in [6.07, 6.45) is 9.27. The lowest BCUT2D eigenvalue weighted by Gasteiger charge is -2.10. The van der Waals surface area contributed by atoms with E-state index in [2.05, 4.69) is 29.0 Å². The van der Waals surface area contributed by atoms with Crippen LogP contribution < -0.4 is 0 Å². The Balaban J connectivity index is 1.96. The van der Waals surface area contributed by atoms with Crippen molar-refractivity contribution in [2.24, 2.45) is 5.92 Å². The first-order chi connectivity index (χ1) is 7.83. The molecule has 1 atom stereocenters. The van der Waals surface area contributed by atoms with E-state index in [1.807, 2.05) is 0 Å². The van der Waals surface area contributed by atoms with Crippen molar-refractivity contribution in [3.8, 4) is 0 Å². The van der Waals surface area contributed by atoms with Gasteiger partial charge in [-0.05, 0) is 31.2 Å². The summed E-state index contributed by atoms with van der Waals surface area (Å²) in [5, 5.41) is 13.8. The van der Waals surface area contributed by atoms with Crippen molar-refractivity contribution in [3.05, 3.63) is 18.0 Å². The van der Waals surface area contributed by atoms with Crippen LogP contribution in [0.5, 0.6) is 0 Å². The number of aliphatic hydroxyl groups excluding tert-OH is 1. The second-order valence-electron chi connectivity index (χ2n) is 4.89. The van der Waals surface area contributed by atoms with E-state index in [1.54, 1.807) is 0 Å². The minimum atomic E-state index is 0.271. The summed E-state index contributed by atoms with van der Waals surface area (Å²) in [7, 11) is 0. The molecule has 1 aliphatic rings. The largest absolute Gasteiger partial charge is 0.396 e. The predicted octanol–water partition coefficient (Wildman–Crippen LogP) is 2.56.